The normalized spacial score (nSPS) is 23.9. The lowest BCUT2D eigenvalue weighted by molar-refractivity contribution is 0.101. The SMILES string of the molecule is CC(=O)c1ccc(SC2CCCC(C)C2)c(Cl)c1. The van der Waals surface area contributed by atoms with E-state index in [9.17, 15) is 4.79 Å². The van der Waals surface area contributed by atoms with Crippen LogP contribution >= 0.6 is 23.4 Å². The number of halogens is 1. The second-order valence-corrected chi connectivity index (χ2v) is 6.96. The fourth-order valence-electron chi connectivity index (χ4n) is 2.48. The summed E-state index contributed by atoms with van der Waals surface area (Å²) in [6.45, 7) is 3.90. The number of carbonyl (C=O) groups excluding carboxylic acids is 1. The molecule has 0 N–H and O–H groups in total. The molecular formula is C15H19ClOS. The Balaban J connectivity index is 2.07. The van der Waals surface area contributed by atoms with E-state index in [1.165, 1.54) is 25.7 Å². The summed E-state index contributed by atoms with van der Waals surface area (Å²) >= 11 is 8.13. The number of hydrogen-bond acceptors (Lipinski definition) is 2. The zero-order valence-corrected chi connectivity index (χ0v) is 12.5. The summed E-state index contributed by atoms with van der Waals surface area (Å²) in [5.74, 6) is 0.895. The maximum atomic E-state index is 11.3. The molecule has 1 nitrogen and oxygen atoms in total. The van der Waals surface area contributed by atoms with Gasteiger partial charge < -0.3 is 0 Å². The van der Waals surface area contributed by atoms with Gasteiger partial charge in [0.25, 0.3) is 0 Å². The minimum atomic E-state index is 0.0692. The van der Waals surface area contributed by atoms with E-state index in [0.717, 1.165) is 10.8 Å². The molecule has 1 saturated carbocycles. The van der Waals surface area contributed by atoms with E-state index in [1.807, 2.05) is 23.9 Å². The number of carbonyl (C=O) groups is 1. The third-order valence-corrected chi connectivity index (χ3v) is 5.32. The summed E-state index contributed by atoms with van der Waals surface area (Å²) < 4.78 is 0. The maximum Gasteiger partial charge on any atom is 0.159 e. The van der Waals surface area contributed by atoms with Gasteiger partial charge in [-0.15, -0.1) is 11.8 Å². The summed E-state index contributed by atoms with van der Waals surface area (Å²) in [5, 5.41) is 1.39. The van der Waals surface area contributed by atoms with Crippen LogP contribution in [0.15, 0.2) is 23.1 Å². The molecule has 2 rings (SSSR count). The van der Waals surface area contributed by atoms with Crippen LogP contribution in [0.1, 0.15) is 49.9 Å². The van der Waals surface area contributed by atoms with Gasteiger partial charge in [0.15, 0.2) is 5.78 Å². The molecule has 0 amide bonds. The van der Waals surface area contributed by atoms with Gasteiger partial charge in [-0.25, -0.2) is 0 Å². The van der Waals surface area contributed by atoms with Gasteiger partial charge in [0.2, 0.25) is 0 Å². The molecule has 98 valence electrons. The molecule has 1 aromatic rings. The molecule has 2 unspecified atom stereocenters. The molecule has 18 heavy (non-hydrogen) atoms. The van der Waals surface area contributed by atoms with Crippen molar-refractivity contribution in [3.8, 4) is 0 Å². The fraction of sp³-hybridized carbons (Fsp3) is 0.533. The summed E-state index contributed by atoms with van der Waals surface area (Å²) in [6.07, 6.45) is 5.23. The van der Waals surface area contributed by atoms with Crippen molar-refractivity contribution in [1.82, 2.24) is 0 Å². The molecule has 1 fully saturated rings. The van der Waals surface area contributed by atoms with E-state index in [2.05, 4.69) is 6.92 Å². The van der Waals surface area contributed by atoms with Crippen molar-refractivity contribution in [3.05, 3.63) is 28.8 Å². The van der Waals surface area contributed by atoms with E-state index in [-0.39, 0.29) is 5.78 Å². The van der Waals surface area contributed by atoms with Crippen molar-refractivity contribution in [2.45, 2.75) is 49.7 Å². The lowest BCUT2D eigenvalue weighted by Crippen LogP contribution is -2.14. The highest BCUT2D eigenvalue weighted by Crippen LogP contribution is 2.39. The van der Waals surface area contributed by atoms with Crippen LogP contribution in [0.5, 0.6) is 0 Å². The standard InChI is InChI=1S/C15H19ClOS/c1-10-4-3-5-13(8-10)18-15-7-6-12(11(2)17)9-14(15)16/h6-7,9-10,13H,3-5,8H2,1-2H3. The average Bonchev–Trinajstić information content (AvgIpc) is 2.31. The Labute approximate surface area is 118 Å². The first-order valence-electron chi connectivity index (χ1n) is 6.53. The van der Waals surface area contributed by atoms with E-state index < -0.39 is 0 Å². The Bertz CT molecular complexity index is 444. The maximum absolute atomic E-state index is 11.3. The quantitative estimate of drug-likeness (QED) is 0.708. The second-order valence-electron chi connectivity index (χ2n) is 5.21. The van der Waals surface area contributed by atoms with Crippen molar-refractivity contribution in [3.63, 3.8) is 0 Å². The Kier molecular flexibility index (Phi) is 4.74. The van der Waals surface area contributed by atoms with Gasteiger partial charge in [-0.05, 0) is 37.8 Å². The van der Waals surface area contributed by atoms with Crippen LogP contribution in [0.4, 0.5) is 0 Å². The molecule has 0 saturated heterocycles. The third kappa shape index (κ3) is 3.52. The fourth-order valence-corrected chi connectivity index (χ4v) is 4.18. The molecule has 0 bridgehead atoms. The van der Waals surface area contributed by atoms with Gasteiger partial charge >= 0.3 is 0 Å². The number of ketones is 1. The molecule has 3 heteroatoms. The zero-order valence-electron chi connectivity index (χ0n) is 10.9. The predicted molar refractivity (Wildman–Crippen MR) is 78.7 cm³/mol. The first-order valence-corrected chi connectivity index (χ1v) is 7.79. The summed E-state index contributed by atoms with van der Waals surface area (Å²) in [7, 11) is 0. The number of rotatable bonds is 3. The average molecular weight is 283 g/mol. The molecule has 0 aromatic heterocycles. The largest absolute Gasteiger partial charge is 0.295 e. The number of benzene rings is 1. The van der Waals surface area contributed by atoms with Crippen molar-refractivity contribution in [2.75, 3.05) is 0 Å². The van der Waals surface area contributed by atoms with Gasteiger partial charge in [0.05, 0.1) is 5.02 Å². The number of Topliss-reactive ketones (excluding diaryl/α,β-unsaturated/α-hetero) is 1. The van der Waals surface area contributed by atoms with Crippen molar-refractivity contribution in [2.24, 2.45) is 5.92 Å². The molecule has 0 spiro atoms. The van der Waals surface area contributed by atoms with Crippen LogP contribution in [-0.2, 0) is 0 Å². The molecule has 0 aliphatic heterocycles. The zero-order chi connectivity index (χ0) is 13.1. The minimum absolute atomic E-state index is 0.0692. The first-order chi connectivity index (χ1) is 8.56. The molecule has 1 aliphatic carbocycles. The molecule has 0 heterocycles. The summed E-state index contributed by atoms with van der Waals surface area (Å²) in [5.41, 5.74) is 0.696. The van der Waals surface area contributed by atoms with Crippen molar-refractivity contribution < 1.29 is 4.79 Å². The van der Waals surface area contributed by atoms with Crippen LogP contribution in [0, 0.1) is 5.92 Å². The van der Waals surface area contributed by atoms with Crippen molar-refractivity contribution in [1.29, 1.82) is 0 Å². The Morgan fingerprint density at radius 1 is 1.39 bits per heavy atom. The van der Waals surface area contributed by atoms with Gasteiger partial charge in [-0.1, -0.05) is 37.4 Å². The van der Waals surface area contributed by atoms with Crippen LogP contribution in [-0.4, -0.2) is 11.0 Å². The third-order valence-electron chi connectivity index (χ3n) is 3.52. The van der Waals surface area contributed by atoms with Crippen LogP contribution < -0.4 is 0 Å². The van der Waals surface area contributed by atoms with Crippen LogP contribution in [0.2, 0.25) is 5.02 Å². The Morgan fingerprint density at radius 2 is 2.17 bits per heavy atom. The lowest BCUT2D eigenvalue weighted by Gasteiger charge is -2.26. The predicted octanol–water partition coefficient (Wildman–Crippen LogP) is 5.21. The second kappa shape index (κ2) is 6.12. The summed E-state index contributed by atoms with van der Waals surface area (Å²) in [6, 6.07) is 5.66. The van der Waals surface area contributed by atoms with E-state index in [4.69, 9.17) is 11.6 Å². The van der Waals surface area contributed by atoms with Crippen LogP contribution in [0.3, 0.4) is 0 Å². The van der Waals surface area contributed by atoms with Crippen molar-refractivity contribution >= 4 is 29.1 Å². The van der Waals surface area contributed by atoms with Gasteiger partial charge in [-0.2, -0.15) is 0 Å². The van der Waals surface area contributed by atoms with Crippen LogP contribution in [0.25, 0.3) is 0 Å². The highest BCUT2D eigenvalue weighted by Gasteiger charge is 2.20. The van der Waals surface area contributed by atoms with E-state index in [1.54, 1.807) is 13.0 Å². The minimum Gasteiger partial charge on any atom is -0.295 e. The number of hydrogen-bond donors (Lipinski definition) is 0. The molecule has 1 aliphatic rings. The Hall–Kier alpha value is -0.470. The monoisotopic (exact) mass is 282 g/mol. The van der Waals surface area contributed by atoms with E-state index >= 15 is 0 Å². The molecule has 2 atom stereocenters. The smallest absolute Gasteiger partial charge is 0.159 e. The number of thioether (sulfide) groups is 1. The van der Waals surface area contributed by atoms with Gasteiger partial charge in [-0.3, -0.25) is 4.79 Å². The van der Waals surface area contributed by atoms with E-state index in [0.29, 0.717) is 15.8 Å². The van der Waals surface area contributed by atoms with Gasteiger partial charge in [0, 0.05) is 15.7 Å². The lowest BCUT2D eigenvalue weighted by atomic mass is 9.91. The molecule has 0 radical (unpaired) electrons. The Morgan fingerprint density at radius 3 is 2.78 bits per heavy atom. The summed E-state index contributed by atoms with van der Waals surface area (Å²) in [4.78, 5) is 12.4. The highest BCUT2D eigenvalue weighted by molar-refractivity contribution is 8.00. The molecular weight excluding hydrogens is 264 g/mol. The topological polar surface area (TPSA) is 17.1 Å². The molecule has 1 aromatic carbocycles. The van der Waals surface area contributed by atoms with Gasteiger partial charge in [0.1, 0.15) is 0 Å². The first kappa shape index (κ1) is 14.0. The highest BCUT2D eigenvalue weighted by atomic mass is 35.5.